The van der Waals surface area contributed by atoms with Crippen LogP contribution in [0.25, 0.3) is 0 Å². The smallest absolute Gasteiger partial charge is 0.0683 e. The molecule has 0 amide bonds. The van der Waals surface area contributed by atoms with Crippen molar-refractivity contribution in [3.63, 3.8) is 0 Å². The van der Waals surface area contributed by atoms with Crippen LogP contribution in [0.5, 0.6) is 0 Å². The molecule has 0 aromatic heterocycles. The summed E-state index contributed by atoms with van der Waals surface area (Å²) in [6.45, 7) is 6.74. The van der Waals surface area contributed by atoms with Gasteiger partial charge in [-0.25, -0.2) is 0 Å². The Morgan fingerprint density at radius 2 is 2.00 bits per heavy atom. The van der Waals surface area contributed by atoms with Gasteiger partial charge in [0.2, 0.25) is 0 Å². The van der Waals surface area contributed by atoms with E-state index < -0.39 is 0 Å². The minimum absolute atomic E-state index is 0.179. The second-order valence-electron chi connectivity index (χ2n) is 5.63. The van der Waals surface area contributed by atoms with Gasteiger partial charge < -0.3 is 10.1 Å². The first kappa shape index (κ1) is 14.5. The quantitative estimate of drug-likeness (QED) is 0.661. The molecule has 98 valence electrons. The summed E-state index contributed by atoms with van der Waals surface area (Å²) >= 11 is 0. The molecular formula is C14H26N2O. The maximum absolute atomic E-state index is 8.87. The van der Waals surface area contributed by atoms with Crippen LogP contribution in [0, 0.1) is 16.7 Å². The van der Waals surface area contributed by atoms with Gasteiger partial charge in [0.1, 0.15) is 0 Å². The summed E-state index contributed by atoms with van der Waals surface area (Å²) in [6, 6.07) is 2.33. The Kier molecular flexibility index (Phi) is 6.54. The molecule has 0 unspecified atom stereocenters. The van der Waals surface area contributed by atoms with Crippen LogP contribution in [0.3, 0.4) is 0 Å². The molecule has 0 radical (unpaired) electrons. The van der Waals surface area contributed by atoms with Crippen LogP contribution < -0.4 is 5.32 Å². The molecule has 1 N–H and O–H groups in total. The molecule has 1 saturated carbocycles. The van der Waals surface area contributed by atoms with Gasteiger partial charge in [0, 0.05) is 6.54 Å². The number of rotatable bonds is 8. The zero-order valence-corrected chi connectivity index (χ0v) is 11.3. The number of hydrogen-bond acceptors (Lipinski definition) is 3. The van der Waals surface area contributed by atoms with Crippen LogP contribution in [0.4, 0.5) is 0 Å². The Bertz CT molecular complexity index is 239. The highest BCUT2D eigenvalue weighted by atomic mass is 16.5. The van der Waals surface area contributed by atoms with Gasteiger partial charge in [0.05, 0.1) is 24.2 Å². The Hall–Kier alpha value is -0.590. The predicted octanol–water partition coefficient (Wildman–Crippen LogP) is 2.87. The summed E-state index contributed by atoms with van der Waals surface area (Å²) in [6.07, 6.45) is 7.70. The van der Waals surface area contributed by atoms with Crippen LogP contribution in [-0.4, -0.2) is 25.8 Å². The molecule has 0 atom stereocenters. The van der Waals surface area contributed by atoms with E-state index >= 15 is 0 Å². The summed E-state index contributed by atoms with van der Waals surface area (Å²) in [5, 5.41) is 12.2. The molecule has 0 aliphatic heterocycles. The third kappa shape index (κ3) is 6.65. The van der Waals surface area contributed by atoms with Gasteiger partial charge in [-0.15, -0.1) is 0 Å². The number of hydrogen-bond donors (Lipinski definition) is 1. The average Bonchev–Trinajstić information content (AvgIpc) is 2.81. The lowest BCUT2D eigenvalue weighted by molar-refractivity contribution is 0.0604. The van der Waals surface area contributed by atoms with E-state index in [4.69, 9.17) is 10.00 Å². The Labute approximate surface area is 106 Å². The first-order valence-electron chi connectivity index (χ1n) is 6.88. The summed E-state index contributed by atoms with van der Waals surface area (Å²) in [4.78, 5) is 0. The average molecular weight is 238 g/mol. The first-order chi connectivity index (χ1) is 8.14. The van der Waals surface area contributed by atoms with Gasteiger partial charge in [-0.3, -0.25) is 0 Å². The van der Waals surface area contributed by atoms with E-state index in [1.165, 1.54) is 25.7 Å². The van der Waals surface area contributed by atoms with E-state index in [2.05, 4.69) is 11.4 Å². The van der Waals surface area contributed by atoms with Crippen molar-refractivity contribution in [3.05, 3.63) is 0 Å². The Morgan fingerprint density at radius 1 is 1.29 bits per heavy atom. The molecule has 0 aromatic carbocycles. The van der Waals surface area contributed by atoms with E-state index in [1.54, 1.807) is 0 Å². The van der Waals surface area contributed by atoms with Gasteiger partial charge in [-0.1, -0.05) is 12.8 Å². The van der Waals surface area contributed by atoms with Crippen molar-refractivity contribution in [1.82, 2.24) is 5.32 Å². The van der Waals surface area contributed by atoms with Crippen molar-refractivity contribution < 1.29 is 4.74 Å². The third-order valence-electron chi connectivity index (χ3n) is 3.39. The Balaban J connectivity index is 1.86. The maximum Gasteiger partial charge on any atom is 0.0683 e. The second-order valence-corrected chi connectivity index (χ2v) is 5.63. The zero-order valence-electron chi connectivity index (χ0n) is 11.3. The first-order valence-corrected chi connectivity index (χ1v) is 6.88. The monoisotopic (exact) mass is 238 g/mol. The number of nitriles is 1. The largest absolute Gasteiger partial charge is 0.377 e. The van der Waals surface area contributed by atoms with Gasteiger partial charge >= 0.3 is 0 Å². The molecule has 0 heterocycles. The van der Waals surface area contributed by atoms with E-state index in [1.807, 2.05) is 13.8 Å². The minimum atomic E-state index is -0.179. The van der Waals surface area contributed by atoms with Crippen molar-refractivity contribution in [2.75, 3.05) is 19.7 Å². The Morgan fingerprint density at radius 3 is 2.65 bits per heavy atom. The number of nitrogens with zero attached hydrogens (tertiary/aromatic N) is 1. The van der Waals surface area contributed by atoms with Crippen LogP contribution in [0.2, 0.25) is 0 Å². The van der Waals surface area contributed by atoms with E-state index in [0.29, 0.717) is 6.10 Å². The minimum Gasteiger partial charge on any atom is -0.377 e. The molecule has 0 spiro atoms. The topological polar surface area (TPSA) is 45.0 Å². The molecule has 1 rings (SSSR count). The lowest BCUT2D eigenvalue weighted by Gasteiger charge is -2.15. The molecule has 1 aliphatic carbocycles. The van der Waals surface area contributed by atoms with Crippen molar-refractivity contribution >= 4 is 0 Å². The second kappa shape index (κ2) is 7.68. The van der Waals surface area contributed by atoms with Crippen LogP contribution in [0.1, 0.15) is 52.4 Å². The summed E-state index contributed by atoms with van der Waals surface area (Å²) in [5.41, 5.74) is -0.179. The van der Waals surface area contributed by atoms with Crippen molar-refractivity contribution in [1.29, 1.82) is 5.26 Å². The lowest BCUT2D eigenvalue weighted by Crippen LogP contribution is -2.24. The van der Waals surface area contributed by atoms with Gasteiger partial charge in [0.15, 0.2) is 0 Å². The molecule has 1 aliphatic rings. The fourth-order valence-corrected chi connectivity index (χ4v) is 2.19. The number of ether oxygens (including phenoxy) is 1. The summed E-state index contributed by atoms with van der Waals surface area (Å²) < 4.78 is 5.76. The highest BCUT2D eigenvalue weighted by Gasteiger charge is 2.16. The highest BCUT2D eigenvalue weighted by molar-refractivity contribution is 4.91. The van der Waals surface area contributed by atoms with Gasteiger partial charge in [0.25, 0.3) is 0 Å². The molecule has 17 heavy (non-hydrogen) atoms. The maximum atomic E-state index is 8.87. The van der Waals surface area contributed by atoms with Crippen molar-refractivity contribution in [3.8, 4) is 6.07 Å². The molecule has 1 fully saturated rings. The fraction of sp³-hybridized carbons (Fsp3) is 0.929. The highest BCUT2D eigenvalue weighted by Crippen LogP contribution is 2.21. The standard InChI is InChI=1S/C14H26N2O/c1-14(2,12-15)8-5-9-16-10-11-17-13-6-3-4-7-13/h13,16H,3-11H2,1-2H3. The molecule has 0 aromatic rings. The van der Waals surface area contributed by atoms with E-state index in [-0.39, 0.29) is 5.41 Å². The van der Waals surface area contributed by atoms with Crippen LogP contribution in [-0.2, 0) is 4.74 Å². The molecule has 0 saturated heterocycles. The third-order valence-corrected chi connectivity index (χ3v) is 3.39. The summed E-state index contributed by atoms with van der Waals surface area (Å²) in [5.74, 6) is 0. The van der Waals surface area contributed by atoms with Crippen molar-refractivity contribution in [2.24, 2.45) is 5.41 Å². The lowest BCUT2D eigenvalue weighted by atomic mass is 9.90. The van der Waals surface area contributed by atoms with E-state index in [0.717, 1.165) is 32.5 Å². The molecule has 3 heteroatoms. The molecular weight excluding hydrogens is 212 g/mol. The summed E-state index contributed by atoms with van der Waals surface area (Å²) in [7, 11) is 0. The normalized spacial score (nSPS) is 17.2. The van der Waals surface area contributed by atoms with E-state index in [9.17, 15) is 0 Å². The SMILES string of the molecule is CC(C)(C#N)CCCNCCOC1CCCC1. The van der Waals surface area contributed by atoms with Gasteiger partial charge in [-0.05, 0) is 46.1 Å². The predicted molar refractivity (Wildman–Crippen MR) is 69.7 cm³/mol. The molecule has 3 nitrogen and oxygen atoms in total. The van der Waals surface area contributed by atoms with Gasteiger partial charge in [-0.2, -0.15) is 5.26 Å². The molecule has 0 bridgehead atoms. The van der Waals surface area contributed by atoms with Crippen LogP contribution >= 0.6 is 0 Å². The fourth-order valence-electron chi connectivity index (χ4n) is 2.19. The van der Waals surface area contributed by atoms with Crippen molar-refractivity contribution in [2.45, 2.75) is 58.5 Å². The van der Waals surface area contributed by atoms with Crippen LogP contribution in [0.15, 0.2) is 0 Å². The number of nitrogens with one attached hydrogen (secondary N) is 1. The zero-order chi connectivity index (χ0) is 12.6.